The summed E-state index contributed by atoms with van der Waals surface area (Å²) in [6, 6.07) is 6.57. The molecular weight excluding hydrogens is 358 g/mol. The molecule has 128 valence electrons. The molecule has 6 nitrogen and oxygen atoms in total. The van der Waals surface area contributed by atoms with Crippen LogP contribution in [0.5, 0.6) is 0 Å². The van der Waals surface area contributed by atoms with Crippen LogP contribution in [-0.2, 0) is 11.2 Å². The number of carbonyl (C=O) groups excluding carboxylic acids is 1. The monoisotopic (exact) mass is 373 g/mol. The lowest BCUT2D eigenvalue weighted by Gasteiger charge is -2.03. The molecule has 0 aliphatic heterocycles. The molecule has 0 aliphatic carbocycles. The van der Waals surface area contributed by atoms with Gasteiger partial charge in [-0.3, -0.25) is 4.79 Å². The van der Waals surface area contributed by atoms with Crippen LogP contribution in [0, 0.1) is 6.92 Å². The molecule has 0 aliphatic rings. The predicted octanol–water partition coefficient (Wildman–Crippen LogP) is 4.15. The highest BCUT2D eigenvalue weighted by molar-refractivity contribution is 7.17. The summed E-state index contributed by atoms with van der Waals surface area (Å²) in [5, 5.41) is 15.5. The lowest BCUT2D eigenvalue weighted by atomic mass is 10.2. The molecule has 0 unspecified atom stereocenters. The van der Waals surface area contributed by atoms with Crippen LogP contribution in [0.4, 0.5) is 10.8 Å². The maximum atomic E-state index is 11.3. The number of hydrogen-bond donors (Lipinski definition) is 2. The zero-order chi connectivity index (χ0) is 18.0. The van der Waals surface area contributed by atoms with Crippen molar-refractivity contribution in [1.29, 1.82) is 0 Å². The van der Waals surface area contributed by atoms with Gasteiger partial charge < -0.3 is 10.4 Å². The molecule has 0 spiro atoms. The van der Waals surface area contributed by atoms with Crippen molar-refractivity contribution in [1.82, 2.24) is 9.97 Å². The molecule has 0 fully saturated rings. The first-order valence-electron chi connectivity index (χ1n) is 7.44. The minimum Gasteiger partial charge on any atom is -0.478 e. The van der Waals surface area contributed by atoms with Crippen molar-refractivity contribution in [3.63, 3.8) is 0 Å². The number of aromatic carboxylic acids is 1. The van der Waals surface area contributed by atoms with E-state index in [9.17, 15) is 9.59 Å². The minimum absolute atomic E-state index is 0.0826. The van der Waals surface area contributed by atoms with Gasteiger partial charge in [0, 0.05) is 11.1 Å². The van der Waals surface area contributed by atoms with Crippen molar-refractivity contribution in [2.75, 3.05) is 5.32 Å². The summed E-state index contributed by atoms with van der Waals surface area (Å²) in [5.41, 5.74) is 2.53. The van der Waals surface area contributed by atoms with Gasteiger partial charge in [0.1, 0.15) is 10.8 Å². The molecule has 2 N–H and O–H groups in total. The van der Waals surface area contributed by atoms with Crippen molar-refractivity contribution in [2.45, 2.75) is 20.3 Å². The third-order valence-corrected chi connectivity index (χ3v) is 5.28. The molecule has 2 aromatic heterocycles. The summed E-state index contributed by atoms with van der Waals surface area (Å²) in [7, 11) is 0. The van der Waals surface area contributed by atoms with Gasteiger partial charge in [-0.05, 0) is 32.0 Å². The standard InChI is InChI=1S/C17H15N3O3S2/c1-9(21)6-14-18-10(2)15(25-14)13-8-24-17(20-13)19-12-5-3-4-11(7-12)16(22)23/h3-5,7-8H,6H2,1-2H3,(H,19,20)(H,22,23). The maximum absolute atomic E-state index is 11.3. The van der Waals surface area contributed by atoms with E-state index in [1.165, 1.54) is 28.7 Å². The van der Waals surface area contributed by atoms with E-state index in [-0.39, 0.29) is 11.3 Å². The van der Waals surface area contributed by atoms with Gasteiger partial charge in [-0.25, -0.2) is 14.8 Å². The van der Waals surface area contributed by atoms with Crippen LogP contribution in [0.2, 0.25) is 0 Å². The van der Waals surface area contributed by atoms with Crippen LogP contribution in [0.3, 0.4) is 0 Å². The van der Waals surface area contributed by atoms with E-state index in [0.29, 0.717) is 17.2 Å². The van der Waals surface area contributed by atoms with Crippen LogP contribution in [0.15, 0.2) is 29.6 Å². The molecule has 8 heteroatoms. The fourth-order valence-corrected chi connectivity index (χ4v) is 4.16. The number of anilines is 2. The SMILES string of the molecule is CC(=O)Cc1nc(C)c(-c2csc(Nc3cccc(C(=O)O)c3)n2)s1. The number of ketones is 1. The van der Waals surface area contributed by atoms with Crippen LogP contribution >= 0.6 is 22.7 Å². The van der Waals surface area contributed by atoms with Gasteiger partial charge in [-0.15, -0.1) is 22.7 Å². The number of rotatable bonds is 6. The third kappa shape index (κ3) is 4.09. The molecule has 1 aromatic carbocycles. The van der Waals surface area contributed by atoms with E-state index in [2.05, 4.69) is 15.3 Å². The number of aryl methyl sites for hydroxylation is 1. The van der Waals surface area contributed by atoms with Gasteiger partial charge >= 0.3 is 5.97 Å². The number of Topliss-reactive ketones (excluding diaryl/α,β-unsaturated/α-hetero) is 1. The smallest absolute Gasteiger partial charge is 0.335 e. The van der Waals surface area contributed by atoms with E-state index in [0.717, 1.165) is 21.3 Å². The second-order valence-electron chi connectivity index (χ2n) is 5.45. The average molecular weight is 373 g/mol. The lowest BCUT2D eigenvalue weighted by molar-refractivity contribution is -0.116. The normalized spacial score (nSPS) is 10.6. The van der Waals surface area contributed by atoms with E-state index in [1.807, 2.05) is 12.3 Å². The lowest BCUT2D eigenvalue weighted by Crippen LogP contribution is -1.97. The van der Waals surface area contributed by atoms with Crippen LogP contribution in [0.25, 0.3) is 10.6 Å². The largest absolute Gasteiger partial charge is 0.478 e. The Labute approximate surface area is 152 Å². The van der Waals surface area contributed by atoms with Crippen molar-refractivity contribution in [2.24, 2.45) is 0 Å². The van der Waals surface area contributed by atoms with Crippen LogP contribution in [0.1, 0.15) is 28.0 Å². The molecule has 0 radical (unpaired) electrons. The van der Waals surface area contributed by atoms with Gasteiger partial charge in [0.15, 0.2) is 5.13 Å². The summed E-state index contributed by atoms with van der Waals surface area (Å²) in [5.74, 6) is -0.888. The summed E-state index contributed by atoms with van der Waals surface area (Å²) in [4.78, 5) is 32.2. The molecule has 0 saturated carbocycles. The molecule has 0 amide bonds. The molecular formula is C17H15N3O3S2. The number of carboxylic acid groups (broad SMARTS) is 1. The van der Waals surface area contributed by atoms with E-state index in [4.69, 9.17) is 5.11 Å². The Hall–Kier alpha value is -2.58. The van der Waals surface area contributed by atoms with Gasteiger partial charge in [-0.2, -0.15) is 0 Å². The molecule has 0 bridgehead atoms. The minimum atomic E-state index is -0.971. The number of hydrogen-bond acceptors (Lipinski definition) is 7. The maximum Gasteiger partial charge on any atom is 0.335 e. The van der Waals surface area contributed by atoms with Gasteiger partial charge in [0.2, 0.25) is 0 Å². The molecule has 25 heavy (non-hydrogen) atoms. The topological polar surface area (TPSA) is 92.2 Å². The first-order valence-corrected chi connectivity index (χ1v) is 9.14. The van der Waals surface area contributed by atoms with Crippen molar-refractivity contribution >= 4 is 45.2 Å². The number of thiazole rings is 2. The fourth-order valence-electron chi connectivity index (χ4n) is 2.27. The number of nitrogens with one attached hydrogen (secondary N) is 1. The number of carboxylic acids is 1. The van der Waals surface area contributed by atoms with E-state index < -0.39 is 5.97 Å². The summed E-state index contributed by atoms with van der Waals surface area (Å²) in [6.45, 7) is 3.45. The quantitative estimate of drug-likeness (QED) is 0.674. The molecule has 0 saturated heterocycles. The Balaban J connectivity index is 1.81. The van der Waals surface area contributed by atoms with E-state index >= 15 is 0 Å². The second kappa shape index (κ2) is 7.12. The highest BCUT2D eigenvalue weighted by Gasteiger charge is 2.14. The number of carbonyl (C=O) groups is 2. The third-order valence-electron chi connectivity index (χ3n) is 3.34. The fraction of sp³-hybridized carbons (Fsp3) is 0.176. The zero-order valence-corrected chi connectivity index (χ0v) is 15.2. The Morgan fingerprint density at radius 2 is 2.08 bits per heavy atom. The molecule has 3 rings (SSSR count). The number of nitrogens with zero attached hydrogens (tertiary/aromatic N) is 2. The Bertz CT molecular complexity index is 946. The van der Waals surface area contributed by atoms with Gasteiger partial charge in [-0.1, -0.05) is 6.07 Å². The van der Waals surface area contributed by atoms with Gasteiger partial charge in [0.25, 0.3) is 0 Å². The van der Waals surface area contributed by atoms with Crippen molar-refractivity contribution in [3.05, 3.63) is 45.9 Å². The first-order chi connectivity index (χ1) is 11.9. The van der Waals surface area contributed by atoms with Crippen molar-refractivity contribution < 1.29 is 14.7 Å². The Morgan fingerprint density at radius 3 is 2.80 bits per heavy atom. The van der Waals surface area contributed by atoms with Crippen molar-refractivity contribution in [3.8, 4) is 10.6 Å². The summed E-state index contributed by atoms with van der Waals surface area (Å²) in [6.07, 6.45) is 0.336. The molecule has 0 atom stereocenters. The Kier molecular flexibility index (Phi) is 4.91. The highest BCUT2D eigenvalue weighted by atomic mass is 32.1. The number of aromatic nitrogens is 2. The first kappa shape index (κ1) is 17.2. The Morgan fingerprint density at radius 1 is 1.28 bits per heavy atom. The molecule has 3 aromatic rings. The van der Waals surface area contributed by atoms with Crippen LogP contribution in [-0.4, -0.2) is 26.8 Å². The van der Waals surface area contributed by atoms with Gasteiger partial charge in [0.05, 0.1) is 28.2 Å². The molecule has 2 heterocycles. The number of benzene rings is 1. The zero-order valence-electron chi connectivity index (χ0n) is 13.6. The second-order valence-corrected chi connectivity index (χ2v) is 7.39. The van der Waals surface area contributed by atoms with Crippen LogP contribution < -0.4 is 5.32 Å². The highest BCUT2D eigenvalue weighted by Crippen LogP contribution is 2.33. The summed E-state index contributed by atoms with van der Waals surface area (Å²) < 4.78 is 0. The predicted molar refractivity (Wildman–Crippen MR) is 99.0 cm³/mol. The van der Waals surface area contributed by atoms with E-state index in [1.54, 1.807) is 25.1 Å². The summed E-state index contributed by atoms with van der Waals surface area (Å²) >= 11 is 2.90. The average Bonchev–Trinajstić information content (AvgIpc) is 3.13.